The summed E-state index contributed by atoms with van der Waals surface area (Å²) in [6.45, 7) is 6.06. The molecular formula is C16H27NO2. The Labute approximate surface area is 116 Å². The molecule has 3 heteroatoms. The van der Waals surface area contributed by atoms with Crippen molar-refractivity contribution in [2.75, 3.05) is 0 Å². The van der Waals surface area contributed by atoms with Crippen LogP contribution in [0.3, 0.4) is 0 Å². The maximum atomic E-state index is 12.0. The lowest BCUT2D eigenvalue weighted by molar-refractivity contribution is -0.165. The molecular weight excluding hydrogens is 238 g/mol. The summed E-state index contributed by atoms with van der Waals surface area (Å²) in [5, 5.41) is 13.3. The van der Waals surface area contributed by atoms with E-state index >= 15 is 0 Å². The Balaban J connectivity index is 1.95. The van der Waals surface area contributed by atoms with Crippen LogP contribution in [-0.4, -0.2) is 22.7 Å². The average molecular weight is 265 g/mol. The smallest absolute Gasteiger partial charge is 0.324 e. The molecule has 0 amide bonds. The minimum Gasteiger partial charge on any atom is -0.480 e. The summed E-state index contributed by atoms with van der Waals surface area (Å²) in [6.07, 6.45) is 7.45. The van der Waals surface area contributed by atoms with Crippen LogP contribution in [0.25, 0.3) is 0 Å². The predicted molar refractivity (Wildman–Crippen MR) is 74.9 cm³/mol. The van der Waals surface area contributed by atoms with Gasteiger partial charge in [-0.15, -0.1) is 0 Å². The summed E-state index contributed by atoms with van der Waals surface area (Å²) < 4.78 is 0. The highest BCUT2D eigenvalue weighted by molar-refractivity contribution is 5.80. The second-order valence-corrected chi connectivity index (χ2v) is 7.93. The number of rotatable bonds is 4. The number of hydrogen-bond donors (Lipinski definition) is 2. The second-order valence-electron chi connectivity index (χ2n) is 7.93. The summed E-state index contributed by atoms with van der Waals surface area (Å²) in [6, 6.07) is 0.217. The lowest BCUT2D eigenvalue weighted by atomic mass is 9.44. The largest absolute Gasteiger partial charge is 0.480 e. The molecule has 0 aromatic rings. The fourth-order valence-electron chi connectivity index (χ4n) is 5.74. The second kappa shape index (κ2) is 4.21. The van der Waals surface area contributed by atoms with Crippen LogP contribution in [0, 0.1) is 23.2 Å². The first-order valence-corrected chi connectivity index (χ1v) is 7.86. The molecule has 4 fully saturated rings. The van der Waals surface area contributed by atoms with Gasteiger partial charge in [-0.25, -0.2) is 0 Å². The Bertz CT molecular complexity index is 355. The van der Waals surface area contributed by atoms with Crippen LogP contribution in [0.1, 0.15) is 59.3 Å². The highest BCUT2D eigenvalue weighted by Crippen LogP contribution is 2.63. The average Bonchev–Trinajstić information content (AvgIpc) is 2.25. The van der Waals surface area contributed by atoms with E-state index in [0.717, 1.165) is 37.0 Å². The van der Waals surface area contributed by atoms with Gasteiger partial charge in [0.2, 0.25) is 0 Å². The van der Waals surface area contributed by atoms with Crippen LogP contribution >= 0.6 is 0 Å². The Morgan fingerprint density at radius 1 is 1.16 bits per heavy atom. The molecule has 2 N–H and O–H groups in total. The van der Waals surface area contributed by atoms with E-state index in [1.54, 1.807) is 0 Å². The third-order valence-electron chi connectivity index (χ3n) is 6.10. The van der Waals surface area contributed by atoms with E-state index in [2.05, 4.69) is 19.2 Å². The minimum absolute atomic E-state index is 0.00213. The van der Waals surface area contributed by atoms with Crippen LogP contribution in [-0.2, 0) is 4.79 Å². The zero-order chi connectivity index (χ0) is 13.8. The Hall–Kier alpha value is -0.570. The number of aliphatic carboxylic acids is 1. The topological polar surface area (TPSA) is 49.3 Å². The van der Waals surface area contributed by atoms with Gasteiger partial charge >= 0.3 is 5.97 Å². The molecule has 0 saturated heterocycles. The van der Waals surface area contributed by atoms with Crippen LogP contribution in [0.4, 0.5) is 0 Å². The summed E-state index contributed by atoms with van der Waals surface area (Å²) in [5.74, 6) is 1.72. The zero-order valence-corrected chi connectivity index (χ0v) is 12.4. The lowest BCUT2D eigenvalue weighted by Crippen LogP contribution is -2.67. The molecule has 0 spiro atoms. The maximum absolute atomic E-state index is 12.0. The first-order valence-electron chi connectivity index (χ1n) is 7.86. The molecule has 1 atom stereocenters. The highest BCUT2D eigenvalue weighted by Gasteiger charge is 2.61. The van der Waals surface area contributed by atoms with Crippen molar-refractivity contribution in [2.45, 2.75) is 70.9 Å². The van der Waals surface area contributed by atoms with Gasteiger partial charge in [0.15, 0.2) is 0 Å². The molecule has 3 nitrogen and oxygen atoms in total. The maximum Gasteiger partial charge on any atom is 0.324 e. The van der Waals surface area contributed by atoms with E-state index in [1.165, 1.54) is 19.3 Å². The van der Waals surface area contributed by atoms with Crippen LogP contribution in [0.15, 0.2) is 0 Å². The monoisotopic (exact) mass is 265 g/mol. The Kier molecular flexibility index (Phi) is 2.97. The molecule has 0 radical (unpaired) electrons. The molecule has 0 aromatic heterocycles. The molecule has 4 aliphatic carbocycles. The molecule has 19 heavy (non-hydrogen) atoms. The van der Waals surface area contributed by atoms with Crippen molar-refractivity contribution in [3.63, 3.8) is 0 Å². The molecule has 4 bridgehead atoms. The molecule has 0 heterocycles. The first kappa shape index (κ1) is 13.4. The first-order chi connectivity index (χ1) is 8.84. The van der Waals surface area contributed by atoms with Crippen molar-refractivity contribution >= 4 is 5.97 Å². The molecule has 4 saturated carbocycles. The van der Waals surface area contributed by atoms with Crippen LogP contribution in [0.2, 0.25) is 0 Å². The lowest BCUT2D eigenvalue weighted by Gasteiger charge is -2.62. The molecule has 0 aromatic carbocycles. The van der Waals surface area contributed by atoms with E-state index in [9.17, 15) is 9.90 Å². The Morgan fingerprint density at radius 3 is 1.89 bits per heavy atom. The van der Waals surface area contributed by atoms with Gasteiger partial charge in [-0.1, -0.05) is 0 Å². The summed E-state index contributed by atoms with van der Waals surface area (Å²) in [4.78, 5) is 12.0. The normalized spacial score (nSPS) is 43.5. The van der Waals surface area contributed by atoms with E-state index in [0.29, 0.717) is 0 Å². The fourth-order valence-corrected chi connectivity index (χ4v) is 5.74. The van der Waals surface area contributed by atoms with Gasteiger partial charge in [0.05, 0.1) is 0 Å². The van der Waals surface area contributed by atoms with Crippen molar-refractivity contribution in [3.8, 4) is 0 Å². The van der Waals surface area contributed by atoms with Crippen molar-refractivity contribution in [1.82, 2.24) is 5.32 Å². The number of carbonyl (C=O) groups is 1. The number of carboxylic acid groups (broad SMARTS) is 1. The number of hydrogen-bond acceptors (Lipinski definition) is 2. The van der Waals surface area contributed by atoms with Gasteiger partial charge in [-0.3, -0.25) is 10.1 Å². The van der Waals surface area contributed by atoms with Crippen molar-refractivity contribution in [3.05, 3.63) is 0 Å². The zero-order valence-electron chi connectivity index (χ0n) is 12.4. The summed E-state index contributed by atoms with van der Waals surface area (Å²) in [5.41, 5.74) is -0.755. The molecule has 1 unspecified atom stereocenters. The van der Waals surface area contributed by atoms with Gasteiger partial charge in [0.25, 0.3) is 0 Å². The van der Waals surface area contributed by atoms with E-state index < -0.39 is 11.5 Å². The van der Waals surface area contributed by atoms with Gasteiger partial charge < -0.3 is 5.11 Å². The van der Waals surface area contributed by atoms with Gasteiger partial charge in [-0.2, -0.15) is 0 Å². The number of nitrogens with one attached hydrogen (secondary N) is 1. The third kappa shape index (κ3) is 1.93. The quantitative estimate of drug-likeness (QED) is 0.821. The van der Waals surface area contributed by atoms with Crippen molar-refractivity contribution < 1.29 is 9.90 Å². The molecule has 4 rings (SSSR count). The van der Waals surface area contributed by atoms with E-state index in [1.807, 2.05) is 6.92 Å². The fraction of sp³-hybridized carbons (Fsp3) is 0.938. The molecule has 0 aliphatic heterocycles. The molecule has 4 aliphatic rings. The highest BCUT2D eigenvalue weighted by atomic mass is 16.4. The SMILES string of the molecule is CC(C)NC(C)(C(=O)O)C12CC3CC(CC(C3)C1)C2. The van der Waals surface area contributed by atoms with Crippen molar-refractivity contribution in [1.29, 1.82) is 0 Å². The van der Waals surface area contributed by atoms with Gasteiger partial charge in [-0.05, 0) is 82.5 Å². The molecule has 108 valence electrons. The summed E-state index contributed by atoms with van der Waals surface area (Å²) >= 11 is 0. The van der Waals surface area contributed by atoms with Crippen molar-refractivity contribution in [2.24, 2.45) is 23.2 Å². The summed E-state index contributed by atoms with van der Waals surface area (Å²) in [7, 11) is 0. The van der Waals surface area contributed by atoms with Gasteiger partial charge in [0.1, 0.15) is 5.54 Å². The minimum atomic E-state index is -0.753. The van der Waals surface area contributed by atoms with E-state index in [4.69, 9.17) is 0 Å². The number of carboxylic acids is 1. The standard InChI is InChI=1S/C16H27NO2/c1-10(2)17-15(3,14(18)19)16-7-11-4-12(8-16)6-13(5-11)9-16/h10-13,17H,4-9H2,1-3H3,(H,18,19). The predicted octanol–water partition coefficient (Wildman–Crippen LogP) is 3.04. The Morgan fingerprint density at radius 2 is 1.58 bits per heavy atom. The van der Waals surface area contributed by atoms with Crippen LogP contribution < -0.4 is 5.32 Å². The van der Waals surface area contributed by atoms with Gasteiger partial charge in [0, 0.05) is 6.04 Å². The third-order valence-corrected chi connectivity index (χ3v) is 6.10. The van der Waals surface area contributed by atoms with Crippen LogP contribution in [0.5, 0.6) is 0 Å². The van der Waals surface area contributed by atoms with E-state index in [-0.39, 0.29) is 11.5 Å².